The Hall–Kier alpha value is -3.45. The number of nitrogens with zero attached hydrogens (tertiary/aromatic N) is 6. The summed E-state index contributed by atoms with van der Waals surface area (Å²) in [5.41, 5.74) is 0.464. The van der Waals surface area contributed by atoms with Crippen molar-refractivity contribution in [1.29, 1.82) is 0 Å². The van der Waals surface area contributed by atoms with E-state index in [4.69, 9.17) is 27.9 Å². The molecular formula is C25H30Cl2N8O4. The Morgan fingerprint density at radius 2 is 1.79 bits per heavy atom. The molecule has 14 heteroatoms. The molecule has 1 aliphatic heterocycles. The molecular weight excluding hydrogens is 547 g/mol. The van der Waals surface area contributed by atoms with Crippen molar-refractivity contribution in [2.45, 2.75) is 31.9 Å². The maximum absolute atomic E-state index is 12.0. The van der Waals surface area contributed by atoms with E-state index < -0.39 is 10.5 Å². The summed E-state index contributed by atoms with van der Waals surface area (Å²) in [6.07, 6.45) is 2.23. The van der Waals surface area contributed by atoms with Gasteiger partial charge in [-0.05, 0) is 46.5 Å². The Kier molecular flexibility index (Phi) is 8.31. The van der Waals surface area contributed by atoms with Gasteiger partial charge in [0, 0.05) is 42.5 Å². The molecule has 0 unspecified atom stereocenters. The summed E-state index contributed by atoms with van der Waals surface area (Å²) in [6, 6.07) is 6.39. The number of nitro groups is 1. The molecule has 0 saturated carbocycles. The van der Waals surface area contributed by atoms with Gasteiger partial charge in [-0.15, -0.1) is 0 Å². The molecule has 0 radical (unpaired) electrons. The number of nitro benzene ring substituents is 1. The summed E-state index contributed by atoms with van der Waals surface area (Å²) in [6.45, 7) is 4.74. The number of methoxy groups -OCH3 is 1. The Labute approximate surface area is 236 Å². The van der Waals surface area contributed by atoms with Gasteiger partial charge in [-0.2, -0.15) is 4.98 Å². The average molecular weight is 577 g/mol. The van der Waals surface area contributed by atoms with Gasteiger partial charge in [-0.25, -0.2) is 9.97 Å². The molecule has 1 aromatic heterocycles. The van der Waals surface area contributed by atoms with Crippen molar-refractivity contribution in [1.82, 2.24) is 19.9 Å². The maximum atomic E-state index is 12.0. The summed E-state index contributed by atoms with van der Waals surface area (Å²) in [5.74, 6) is 0.663. The van der Waals surface area contributed by atoms with E-state index in [-0.39, 0.29) is 28.6 Å². The van der Waals surface area contributed by atoms with Gasteiger partial charge in [0.2, 0.25) is 11.9 Å². The predicted molar refractivity (Wildman–Crippen MR) is 152 cm³/mol. The van der Waals surface area contributed by atoms with Crippen molar-refractivity contribution in [3.05, 3.63) is 56.3 Å². The highest BCUT2D eigenvalue weighted by Gasteiger charge is 2.34. The summed E-state index contributed by atoms with van der Waals surface area (Å²) < 4.78 is 5.57. The normalized spacial score (nSPS) is 15.2. The highest BCUT2D eigenvalue weighted by molar-refractivity contribution is 6.42. The Balaban J connectivity index is 1.64. The molecule has 0 bridgehead atoms. The van der Waals surface area contributed by atoms with Gasteiger partial charge in [0.25, 0.3) is 5.69 Å². The second-order valence-corrected chi connectivity index (χ2v) is 10.8. The van der Waals surface area contributed by atoms with Gasteiger partial charge < -0.3 is 30.3 Å². The van der Waals surface area contributed by atoms with Crippen LogP contribution < -0.4 is 20.3 Å². The van der Waals surface area contributed by atoms with Crippen LogP contribution in [0.4, 0.5) is 34.6 Å². The van der Waals surface area contributed by atoms with Gasteiger partial charge in [-0.3, -0.25) is 10.1 Å². The van der Waals surface area contributed by atoms with Crippen LogP contribution in [0.1, 0.15) is 25.8 Å². The van der Waals surface area contributed by atoms with Gasteiger partial charge in [0.15, 0.2) is 0 Å². The minimum absolute atomic E-state index is 0.0558. The summed E-state index contributed by atoms with van der Waals surface area (Å²) in [4.78, 5) is 28.4. The first kappa shape index (κ1) is 28.6. The number of aliphatic hydroxyl groups is 1. The van der Waals surface area contributed by atoms with E-state index >= 15 is 0 Å². The Morgan fingerprint density at radius 3 is 2.33 bits per heavy atom. The van der Waals surface area contributed by atoms with Crippen molar-refractivity contribution < 1.29 is 14.8 Å². The summed E-state index contributed by atoms with van der Waals surface area (Å²) >= 11 is 12.4. The number of hydrogen-bond acceptors (Lipinski definition) is 11. The van der Waals surface area contributed by atoms with Gasteiger partial charge in [0.1, 0.15) is 17.8 Å². The van der Waals surface area contributed by atoms with Crippen molar-refractivity contribution in [3.63, 3.8) is 0 Å². The number of aromatic nitrogens is 3. The number of anilines is 5. The smallest absolute Gasteiger partial charge is 0.294 e. The van der Waals surface area contributed by atoms with Crippen LogP contribution in [0.2, 0.25) is 10.0 Å². The zero-order valence-electron chi connectivity index (χ0n) is 22.2. The predicted octanol–water partition coefficient (Wildman–Crippen LogP) is 4.95. The monoisotopic (exact) mass is 576 g/mol. The first-order valence-electron chi connectivity index (χ1n) is 12.1. The third kappa shape index (κ3) is 6.41. The lowest BCUT2D eigenvalue weighted by molar-refractivity contribution is -0.384. The molecule has 0 spiro atoms. The molecule has 1 fully saturated rings. The number of likely N-dealkylation sites (N-methyl/N-ethyl adjacent to an activating group) is 1. The van der Waals surface area contributed by atoms with Crippen molar-refractivity contribution in [2.24, 2.45) is 0 Å². The number of halogens is 2. The standard InChI is InChI=1S/C25H30Cl2N8O4/c1-25(2,36)15-8-16(26)17(27)9-18(15)30-23-28-13-29-24(32-23)31-19-10-21(35(37)38)20(11-22(19)39-5)34-7-6-14(34)12-33(3)4/h8-11,13-14,36H,6-7,12H2,1-5H3,(H2,28,29,30,31,32)/t14-/m1/s1. The fourth-order valence-electron chi connectivity index (χ4n) is 4.38. The molecule has 12 nitrogen and oxygen atoms in total. The second kappa shape index (κ2) is 11.3. The fourth-order valence-corrected chi connectivity index (χ4v) is 4.71. The van der Waals surface area contributed by atoms with E-state index in [1.165, 1.54) is 19.5 Å². The molecule has 0 amide bonds. The van der Waals surface area contributed by atoms with E-state index in [9.17, 15) is 15.2 Å². The Bertz CT molecular complexity index is 1380. The zero-order valence-corrected chi connectivity index (χ0v) is 23.7. The largest absolute Gasteiger partial charge is 0.494 e. The highest BCUT2D eigenvalue weighted by Crippen LogP contribution is 2.42. The first-order valence-corrected chi connectivity index (χ1v) is 12.9. The topological polar surface area (TPSA) is 142 Å². The third-order valence-electron chi connectivity index (χ3n) is 6.31. The van der Waals surface area contributed by atoms with E-state index in [0.29, 0.717) is 33.4 Å². The van der Waals surface area contributed by atoms with Crippen LogP contribution >= 0.6 is 23.2 Å². The van der Waals surface area contributed by atoms with E-state index in [1.54, 1.807) is 32.0 Å². The first-order chi connectivity index (χ1) is 18.4. The van der Waals surface area contributed by atoms with Gasteiger partial charge >= 0.3 is 0 Å². The highest BCUT2D eigenvalue weighted by atomic mass is 35.5. The quantitative estimate of drug-likeness (QED) is 0.223. The minimum atomic E-state index is -1.24. The fraction of sp³-hybridized carbons (Fsp3) is 0.400. The van der Waals surface area contributed by atoms with Crippen LogP contribution in [0.3, 0.4) is 0 Å². The maximum Gasteiger partial charge on any atom is 0.294 e. The molecule has 3 N–H and O–H groups in total. The van der Waals surface area contributed by atoms with E-state index in [0.717, 1.165) is 19.5 Å². The van der Waals surface area contributed by atoms with Crippen molar-refractivity contribution in [2.75, 3.05) is 49.8 Å². The minimum Gasteiger partial charge on any atom is -0.494 e. The Morgan fingerprint density at radius 1 is 1.15 bits per heavy atom. The lowest BCUT2D eigenvalue weighted by Crippen LogP contribution is -2.52. The van der Waals surface area contributed by atoms with E-state index in [2.05, 4.69) is 30.5 Å². The molecule has 4 rings (SSSR count). The molecule has 1 saturated heterocycles. The molecule has 2 aromatic carbocycles. The number of ether oxygens (including phenoxy) is 1. The van der Waals surface area contributed by atoms with Crippen LogP contribution in [0.15, 0.2) is 30.6 Å². The van der Waals surface area contributed by atoms with Crippen LogP contribution in [0.25, 0.3) is 0 Å². The second-order valence-electron chi connectivity index (χ2n) is 9.95. The number of nitrogens with one attached hydrogen (secondary N) is 2. The third-order valence-corrected chi connectivity index (χ3v) is 7.03. The molecule has 3 aromatic rings. The lowest BCUT2D eigenvalue weighted by atomic mass is 9.96. The van der Waals surface area contributed by atoms with E-state index in [1.807, 2.05) is 19.0 Å². The number of benzene rings is 2. The van der Waals surface area contributed by atoms with Crippen LogP contribution in [-0.2, 0) is 5.60 Å². The molecule has 208 valence electrons. The van der Waals surface area contributed by atoms with Crippen LogP contribution in [-0.4, -0.2) is 70.2 Å². The van der Waals surface area contributed by atoms with Gasteiger partial charge in [0.05, 0.1) is 33.4 Å². The number of rotatable bonds is 10. The average Bonchev–Trinajstić information content (AvgIpc) is 2.84. The summed E-state index contributed by atoms with van der Waals surface area (Å²) in [7, 11) is 5.44. The van der Waals surface area contributed by atoms with Crippen LogP contribution in [0.5, 0.6) is 5.75 Å². The molecule has 1 aliphatic rings. The summed E-state index contributed by atoms with van der Waals surface area (Å²) in [5, 5.41) is 29.2. The molecule has 1 atom stereocenters. The molecule has 0 aliphatic carbocycles. The van der Waals surface area contributed by atoms with Gasteiger partial charge in [-0.1, -0.05) is 23.2 Å². The lowest BCUT2D eigenvalue weighted by Gasteiger charge is -2.43. The molecule has 2 heterocycles. The number of hydrogen-bond donors (Lipinski definition) is 3. The molecule has 39 heavy (non-hydrogen) atoms. The SMILES string of the molecule is COc1cc(N2CC[C@@H]2CN(C)C)c([N+](=O)[O-])cc1Nc1ncnc(Nc2cc(Cl)c(Cl)cc2C(C)(C)O)n1. The zero-order chi connectivity index (χ0) is 28.5. The van der Waals surface area contributed by atoms with Crippen molar-refractivity contribution >= 4 is 57.8 Å². The van der Waals surface area contributed by atoms with Crippen molar-refractivity contribution in [3.8, 4) is 5.75 Å². The van der Waals surface area contributed by atoms with Crippen LogP contribution in [0, 0.1) is 10.1 Å².